The third-order valence-electron chi connectivity index (χ3n) is 4.05. The second-order valence-electron chi connectivity index (χ2n) is 6.24. The Balaban J connectivity index is 1.87. The molecule has 0 radical (unpaired) electrons. The Morgan fingerprint density at radius 2 is 1.58 bits per heavy atom. The Bertz CT molecular complexity index is 965. The highest BCUT2D eigenvalue weighted by molar-refractivity contribution is 5.67. The molecule has 4 nitrogen and oxygen atoms in total. The van der Waals surface area contributed by atoms with E-state index in [1.807, 2.05) is 13.8 Å². The zero-order chi connectivity index (χ0) is 18.7. The maximum Gasteiger partial charge on any atom is 0.168 e. The molecule has 0 spiro atoms. The average molecular weight is 346 g/mol. The van der Waals surface area contributed by atoms with Crippen LogP contribution in [0.5, 0.6) is 0 Å². The van der Waals surface area contributed by atoms with Crippen molar-refractivity contribution >= 4 is 23.0 Å². The minimum Gasteiger partial charge on any atom is -0.340 e. The van der Waals surface area contributed by atoms with E-state index in [1.54, 1.807) is 30.3 Å². The molecule has 130 valence electrons. The van der Waals surface area contributed by atoms with Gasteiger partial charge in [-0.3, -0.25) is 0 Å². The second-order valence-corrected chi connectivity index (χ2v) is 6.24. The fourth-order valence-electron chi connectivity index (χ4n) is 2.87. The lowest BCUT2D eigenvalue weighted by atomic mass is 10.1. The van der Waals surface area contributed by atoms with Gasteiger partial charge in [0.25, 0.3) is 0 Å². The molecule has 0 saturated heterocycles. The number of nitriles is 1. The van der Waals surface area contributed by atoms with E-state index < -0.39 is 5.82 Å². The van der Waals surface area contributed by atoms with E-state index in [-0.39, 0.29) is 5.82 Å². The lowest BCUT2D eigenvalue weighted by Crippen LogP contribution is -2.03. The van der Waals surface area contributed by atoms with Crippen molar-refractivity contribution in [2.45, 2.75) is 20.8 Å². The predicted octanol–water partition coefficient (Wildman–Crippen LogP) is 5.50. The molecule has 0 saturated carbocycles. The number of rotatable bonds is 4. The van der Waals surface area contributed by atoms with Gasteiger partial charge in [-0.2, -0.15) is 5.26 Å². The minimum atomic E-state index is -0.447. The minimum absolute atomic E-state index is 0.127. The van der Waals surface area contributed by atoms with Crippen molar-refractivity contribution in [2.24, 2.45) is 0 Å². The molecular weight excluding hydrogens is 327 g/mol. The van der Waals surface area contributed by atoms with Crippen LogP contribution in [0.1, 0.15) is 22.3 Å². The highest BCUT2D eigenvalue weighted by atomic mass is 19.1. The third-order valence-corrected chi connectivity index (χ3v) is 4.05. The molecule has 0 fully saturated rings. The van der Waals surface area contributed by atoms with E-state index in [4.69, 9.17) is 5.26 Å². The fourth-order valence-corrected chi connectivity index (χ4v) is 2.87. The number of nitrogens with zero attached hydrogens (tertiary/aromatic N) is 2. The first-order valence-electron chi connectivity index (χ1n) is 8.25. The zero-order valence-corrected chi connectivity index (χ0v) is 14.9. The van der Waals surface area contributed by atoms with Crippen molar-refractivity contribution in [3.8, 4) is 6.07 Å². The summed E-state index contributed by atoms with van der Waals surface area (Å²) in [5, 5.41) is 15.1. The molecule has 0 bridgehead atoms. The van der Waals surface area contributed by atoms with Gasteiger partial charge in [0.05, 0.1) is 11.6 Å². The fraction of sp³-hybridized carbons (Fsp3) is 0.143. The topological polar surface area (TPSA) is 60.7 Å². The van der Waals surface area contributed by atoms with Gasteiger partial charge in [-0.15, -0.1) is 0 Å². The van der Waals surface area contributed by atoms with Gasteiger partial charge in [-0.05, 0) is 68.3 Å². The maximum absolute atomic E-state index is 14.1. The number of aryl methyl sites for hydroxylation is 3. The highest BCUT2D eigenvalue weighted by Gasteiger charge is 2.09. The van der Waals surface area contributed by atoms with Crippen LogP contribution in [0.15, 0.2) is 48.5 Å². The molecule has 1 heterocycles. The van der Waals surface area contributed by atoms with Gasteiger partial charge in [0.2, 0.25) is 0 Å². The lowest BCUT2D eigenvalue weighted by Gasteiger charge is -2.15. The van der Waals surface area contributed by atoms with Crippen molar-refractivity contribution in [2.75, 3.05) is 10.6 Å². The van der Waals surface area contributed by atoms with Gasteiger partial charge >= 0.3 is 0 Å². The summed E-state index contributed by atoms with van der Waals surface area (Å²) < 4.78 is 14.1. The van der Waals surface area contributed by atoms with Gasteiger partial charge in [0, 0.05) is 11.4 Å². The van der Waals surface area contributed by atoms with Crippen LogP contribution >= 0.6 is 0 Å². The Hall–Kier alpha value is -3.39. The number of aromatic nitrogens is 1. The van der Waals surface area contributed by atoms with Crippen molar-refractivity contribution in [3.05, 3.63) is 76.6 Å². The number of hydrogen-bond acceptors (Lipinski definition) is 4. The molecule has 0 aliphatic heterocycles. The lowest BCUT2D eigenvalue weighted by molar-refractivity contribution is 0.627. The molecule has 5 heteroatoms. The van der Waals surface area contributed by atoms with E-state index in [9.17, 15) is 4.39 Å². The van der Waals surface area contributed by atoms with Crippen LogP contribution < -0.4 is 10.6 Å². The van der Waals surface area contributed by atoms with Crippen LogP contribution in [-0.4, -0.2) is 4.98 Å². The van der Waals surface area contributed by atoms with Crippen molar-refractivity contribution < 1.29 is 4.39 Å². The number of pyridine rings is 1. The largest absolute Gasteiger partial charge is 0.340 e. The SMILES string of the molecule is Cc1cc(C)c(Nc2ccc(F)c(Nc3ccc(C#N)cc3)n2)c(C)c1. The van der Waals surface area contributed by atoms with Gasteiger partial charge in [-0.25, -0.2) is 9.37 Å². The van der Waals surface area contributed by atoms with E-state index in [2.05, 4.69) is 40.7 Å². The zero-order valence-electron chi connectivity index (χ0n) is 14.9. The van der Waals surface area contributed by atoms with Gasteiger partial charge in [0.15, 0.2) is 11.6 Å². The van der Waals surface area contributed by atoms with Crippen LogP contribution in [0.4, 0.5) is 27.4 Å². The standard InChI is InChI=1S/C21H19FN4/c1-13-10-14(2)20(15(3)11-13)25-19-9-8-18(22)21(26-19)24-17-6-4-16(12-23)5-7-17/h4-11H,1-3H3,(H2,24,25,26). The smallest absolute Gasteiger partial charge is 0.168 e. The van der Waals surface area contributed by atoms with Crippen LogP contribution in [0.25, 0.3) is 0 Å². The van der Waals surface area contributed by atoms with E-state index in [0.29, 0.717) is 17.1 Å². The van der Waals surface area contributed by atoms with Crippen LogP contribution in [0, 0.1) is 37.9 Å². The molecular formula is C21H19FN4. The third kappa shape index (κ3) is 3.81. The number of hydrogen-bond donors (Lipinski definition) is 2. The summed E-state index contributed by atoms with van der Waals surface area (Å²) in [6.45, 7) is 6.11. The summed E-state index contributed by atoms with van der Waals surface area (Å²) >= 11 is 0. The van der Waals surface area contributed by atoms with Crippen molar-refractivity contribution in [1.29, 1.82) is 5.26 Å². The molecule has 2 aromatic carbocycles. The maximum atomic E-state index is 14.1. The quantitative estimate of drug-likeness (QED) is 0.654. The molecule has 0 aliphatic rings. The number of benzene rings is 2. The summed E-state index contributed by atoms with van der Waals surface area (Å²) in [5.74, 6) is 0.233. The molecule has 0 unspecified atom stereocenters. The van der Waals surface area contributed by atoms with E-state index >= 15 is 0 Å². The monoisotopic (exact) mass is 346 g/mol. The normalized spacial score (nSPS) is 10.3. The van der Waals surface area contributed by atoms with Gasteiger partial charge < -0.3 is 10.6 Å². The number of nitrogens with one attached hydrogen (secondary N) is 2. The molecule has 0 aliphatic carbocycles. The van der Waals surface area contributed by atoms with Crippen LogP contribution in [-0.2, 0) is 0 Å². The molecule has 3 rings (SSSR count). The predicted molar refractivity (Wildman–Crippen MR) is 103 cm³/mol. The number of anilines is 4. The molecule has 0 atom stereocenters. The first-order chi connectivity index (χ1) is 12.5. The van der Waals surface area contributed by atoms with Crippen LogP contribution in [0.3, 0.4) is 0 Å². The second kappa shape index (κ2) is 7.24. The summed E-state index contributed by atoms with van der Waals surface area (Å²) in [6.07, 6.45) is 0. The Morgan fingerprint density at radius 1 is 0.923 bits per heavy atom. The summed E-state index contributed by atoms with van der Waals surface area (Å²) in [6, 6.07) is 16.0. The molecule has 0 amide bonds. The number of halogens is 1. The Morgan fingerprint density at radius 3 is 2.19 bits per heavy atom. The van der Waals surface area contributed by atoms with Crippen molar-refractivity contribution in [3.63, 3.8) is 0 Å². The summed E-state index contributed by atoms with van der Waals surface area (Å²) in [5.41, 5.74) is 5.59. The van der Waals surface area contributed by atoms with Crippen LogP contribution in [0.2, 0.25) is 0 Å². The first-order valence-corrected chi connectivity index (χ1v) is 8.25. The van der Waals surface area contributed by atoms with Gasteiger partial charge in [0.1, 0.15) is 5.82 Å². The van der Waals surface area contributed by atoms with E-state index in [0.717, 1.165) is 16.8 Å². The molecule has 1 aromatic heterocycles. The first kappa shape index (κ1) is 17.4. The summed E-state index contributed by atoms with van der Waals surface area (Å²) in [4.78, 5) is 4.35. The molecule has 26 heavy (non-hydrogen) atoms. The van der Waals surface area contributed by atoms with E-state index in [1.165, 1.54) is 11.6 Å². The Kier molecular flexibility index (Phi) is 4.85. The Labute approximate surface area is 152 Å². The highest BCUT2D eigenvalue weighted by Crippen LogP contribution is 2.27. The average Bonchev–Trinajstić information content (AvgIpc) is 2.61. The molecule has 2 N–H and O–H groups in total. The molecule has 3 aromatic rings. The van der Waals surface area contributed by atoms with Gasteiger partial charge in [-0.1, -0.05) is 17.7 Å². The summed E-state index contributed by atoms with van der Waals surface area (Å²) in [7, 11) is 0. The van der Waals surface area contributed by atoms with Crippen molar-refractivity contribution in [1.82, 2.24) is 4.98 Å².